The van der Waals surface area contributed by atoms with Crippen LogP contribution in [0.1, 0.15) is 12.8 Å². The van der Waals surface area contributed by atoms with Crippen molar-refractivity contribution >= 4 is 50.0 Å². The van der Waals surface area contributed by atoms with Crippen molar-refractivity contribution in [2.45, 2.75) is 23.8 Å². The molecule has 39 heavy (non-hydrogen) atoms. The van der Waals surface area contributed by atoms with Crippen LogP contribution >= 0.6 is 0 Å². The van der Waals surface area contributed by atoms with Gasteiger partial charge in [-0.25, -0.2) is 18.4 Å². The SMILES string of the molecule is COc1cc(Nc2nc3ccccc3nc2NS(=O)(=O)c2cccc(NC(=O)C3CCCO3)c2)cc(OC)c1. The van der Waals surface area contributed by atoms with Gasteiger partial charge in [0.25, 0.3) is 15.9 Å². The zero-order chi connectivity index (χ0) is 27.4. The Hall–Kier alpha value is -4.42. The van der Waals surface area contributed by atoms with Crippen LogP contribution in [0.2, 0.25) is 0 Å². The second-order valence-corrected chi connectivity index (χ2v) is 10.4. The van der Waals surface area contributed by atoms with Crippen LogP contribution in [-0.2, 0) is 19.6 Å². The van der Waals surface area contributed by atoms with Gasteiger partial charge in [-0.15, -0.1) is 0 Å². The van der Waals surface area contributed by atoms with Gasteiger partial charge < -0.3 is 24.8 Å². The highest BCUT2D eigenvalue weighted by atomic mass is 32.2. The van der Waals surface area contributed by atoms with Crippen LogP contribution in [0.15, 0.2) is 71.6 Å². The Kier molecular flexibility index (Phi) is 7.48. The van der Waals surface area contributed by atoms with E-state index in [4.69, 9.17) is 14.2 Å². The van der Waals surface area contributed by atoms with E-state index >= 15 is 0 Å². The van der Waals surface area contributed by atoms with Gasteiger partial charge in [-0.05, 0) is 43.2 Å². The Morgan fingerprint density at radius 1 is 0.897 bits per heavy atom. The van der Waals surface area contributed by atoms with E-state index < -0.39 is 16.1 Å². The lowest BCUT2D eigenvalue weighted by atomic mass is 10.2. The minimum Gasteiger partial charge on any atom is -0.497 e. The Morgan fingerprint density at radius 2 is 1.59 bits per heavy atom. The van der Waals surface area contributed by atoms with E-state index in [9.17, 15) is 13.2 Å². The quantitative estimate of drug-likeness (QED) is 0.278. The van der Waals surface area contributed by atoms with Crippen molar-refractivity contribution < 1.29 is 27.4 Å². The number of carbonyl (C=O) groups is 1. The molecule has 1 saturated heterocycles. The molecule has 1 amide bonds. The topological polar surface area (TPSA) is 141 Å². The first-order valence-corrected chi connectivity index (χ1v) is 13.7. The Balaban J connectivity index is 1.47. The maximum atomic E-state index is 13.5. The molecular weight excluding hydrogens is 522 g/mol. The summed E-state index contributed by atoms with van der Waals surface area (Å²) in [5.41, 5.74) is 1.96. The first-order valence-electron chi connectivity index (χ1n) is 12.2. The van der Waals surface area contributed by atoms with E-state index in [2.05, 4.69) is 25.3 Å². The number of carbonyl (C=O) groups excluding carboxylic acids is 1. The minimum atomic E-state index is -4.12. The summed E-state index contributed by atoms with van der Waals surface area (Å²) >= 11 is 0. The number of hydrogen-bond acceptors (Lipinski definition) is 9. The zero-order valence-electron chi connectivity index (χ0n) is 21.3. The van der Waals surface area contributed by atoms with E-state index in [1.807, 2.05) is 6.07 Å². The highest BCUT2D eigenvalue weighted by Crippen LogP contribution is 2.31. The van der Waals surface area contributed by atoms with Gasteiger partial charge in [-0.3, -0.25) is 9.52 Å². The van der Waals surface area contributed by atoms with Crippen molar-refractivity contribution in [2.75, 3.05) is 36.2 Å². The molecule has 1 atom stereocenters. The van der Waals surface area contributed by atoms with E-state index in [-0.39, 0.29) is 22.4 Å². The van der Waals surface area contributed by atoms with Crippen molar-refractivity contribution in [3.05, 3.63) is 66.7 Å². The second-order valence-electron chi connectivity index (χ2n) is 8.76. The van der Waals surface area contributed by atoms with Gasteiger partial charge in [0.05, 0.1) is 30.1 Å². The van der Waals surface area contributed by atoms with E-state index in [1.54, 1.807) is 48.5 Å². The fraction of sp³-hybridized carbons (Fsp3) is 0.222. The molecule has 0 aliphatic carbocycles. The Labute approximate surface area is 225 Å². The molecule has 0 bridgehead atoms. The molecule has 0 radical (unpaired) electrons. The van der Waals surface area contributed by atoms with Gasteiger partial charge in [0.2, 0.25) is 0 Å². The number of amides is 1. The van der Waals surface area contributed by atoms with Crippen LogP contribution in [0, 0.1) is 0 Å². The van der Waals surface area contributed by atoms with Gasteiger partial charge in [-0.2, -0.15) is 0 Å². The first-order chi connectivity index (χ1) is 18.8. The largest absolute Gasteiger partial charge is 0.497 e. The van der Waals surface area contributed by atoms with Crippen LogP contribution in [0.25, 0.3) is 11.0 Å². The molecule has 1 aliphatic rings. The molecule has 1 unspecified atom stereocenters. The van der Waals surface area contributed by atoms with Crippen LogP contribution in [0.5, 0.6) is 11.5 Å². The highest BCUT2D eigenvalue weighted by molar-refractivity contribution is 7.92. The van der Waals surface area contributed by atoms with Crippen molar-refractivity contribution in [1.29, 1.82) is 0 Å². The molecule has 3 N–H and O–H groups in total. The number of nitrogens with zero attached hydrogens (tertiary/aromatic N) is 2. The van der Waals surface area contributed by atoms with E-state index in [0.29, 0.717) is 46.9 Å². The van der Waals surface area contributed by atoms with Crippen molar-refractivity contribution in [2.24, 2.45) is 0 Å². The van der Waals surface area contributed by atoms with E-state index in [0.717, 1.165) is 6.42 Å². The third kappa shape index (κ3) is 6.02. The molecule has 202 valence electrons. The molecular formula is C27H27N5O6S. The minimum absolute atomic E-state index is 0.00993. The molecule has 1 fully saturated rings. The monoisotopic (exact) mass is 549 g/mol. The number of ether oxygens (including phenoxy) is 3. The van der Waals surface area contributed by atoms with Crippen LogP contribution < -0.4 is 24.8 Å². The second kappa shape index (κ2) is 11.1. The summed E-state index contributed by atoms with van der Waals surface area (Å²) in [6, 6.07) is 18.2. The van der Waals surface area contributed by atoms with Crippen molar-refractivity contribution in [3.8, 4) is 11.5 Å². The number of hydrogen-bond donors (Lipinski definition) is 3. The Bertz CT molecular complexity index is 1600. The number of rotatable bonds is 9. The summed E-state index contributed by atoms with van der Waals surface area (Å²) in [4.78, 5) is 21.5. The van der Waals surface area contributed by atoms with Gasteiger partial charge in [-0.1, -0.05) is 18.2 Å². The summed E-state index contributed by atoms with van der Waals surface area (Å²) in [7, 11) is -1.06. The summed E-state index contributed by atoms with van der Waals surface area (Å²) in [5.74, 6) is 0.930. The fourth-order valence-corrected chi connectivity index (χ4v) is 5.16. The predicted octanol–water partition coefficient (Wildman–Crippen LogP) is 4.31. The number of aromatic nitrogens is 2. The first kappa shape index (κ1) is 26.2. The van der Waals surface area contributed by atoms with Gasteiger partial charge in [0, 0.05) is 36.2 Å². The molecule has 3 aromatic carbocycles. The number of para-hydroxylation sites is 2. The lowest BCUT2D eigenvalue weighted by molar-refractivity contribution is -0.124. The van der Waals surface area contributed by atoms with Crippen molar-refractivity contribution in [3.63, 3.8) is 0 Å². The standard InChI is InChI=1S/C27H27N5O6S/c1-36-19-13-18(14-20(16-19)37-2)28-25-26(31-23-10-4-3-9-22(23)30-25)32-39(34,35)21-8-5-7-17(15-21)29-27(33)24-11-6-12-38-24/h3-5,7-10,13-16,24H,6,11-12H2,1-2H3,(H,28,30)(H,29,33)(H,31,32). The number of fused-ring (bicyclic) bond motifs is 1. The third-order valence-corrected chi connectivity index (χ3v) is 7.39. The summed E-state index contributed by atoms with van der Waals surface area (Å²) < 4.78 is 45.5. The number of benzene rings is 3. The molecule has 2 heterocycles. The van der Waals surface area contributed by atoms with Gasteiger partial charge in [0.15, 0.2) is 11.6 Å². The molecule has 11 nitrogen and oxygen atoms in total. The van der Waals surface area contributed by atoms with E-state index in [1.165, 1.54) is 26.4 Å². The third-order valence-electron chi connectivity index (χ3n) is 6.05. The smallest absolute Gasteiger partial charge is 0.263 e. The zero-order valence-corrected chi connectivity index (χ0v) is 22.1. The molecule has 1 aliphatic heterocycles. The molecule has 4 aromatic rings. The average molecular weight is 550 g/mol. The molecule has 0 spiro atoms. The number of nitrogens with one attached hydrogen (secondary N) is 3. The predicted molar refractivity (Wildman–Crippen MR) is 147 cm³/mol. The van der Waals surface area contributed by atoms with Crippen LogP contribution in [-0.4, -0.2) is 51.2 Å². The van der Waals surface area contributed by atoms with Crippen molar-refractivity contribution in [1.82, 2.24) is 9.97 Å². The average Bonchev–Trinajstić information content (AvgIpc) is 3.48. The van der Waals surface area contributed by atoms with Gasteiger partial charge >= 0.3 is 0 Å². The molecule has 0 saturated carbocycles. The normalized spacial score (nSPS) is 15.1. The maximum absolute atomic E-state index is 13.5. The van der Waals surface area contributed by atoms with Crippen LogP contribution in [0.4, 0.5) is 23.0 Å². The number of methoxy groups -OCH3 is 2. The summed E-state index contributed by atoms with van der Waals surface area (Å²) in [6.45, 7) is 0.530. The van der Waals surface area contributed by atoms with Crippen LogP contribution in [0.3, 0.4) is 0 Å². The fourth-order valence-electron chi connectivity index (χ4n) is 4.11. The lowest BCUT2D eigenvalue weighted by Crippen LogP contribution is -2.27. The summed E-state index contributed by atoms with van der Waals surface area (Å²) in [5, 5.41) is 5.86. The maximum Gasteiger partial charge on any atom is 0.263 e. The Morgan fingerprint density at radius 3 is 2.23 bits per heavy atom. The molecule has 1 aromatic heterocycles. The highest BCUT2D eigenvalue weighted by Gasteiger charge is 2.24. The number of sulfonamides is 1. The number of anilines is 4. The lowest BCUT2D eigenvalue weighted by Gasteiger charge is -2.15. The molecule has 12 heteroatoms. The molecule has 5 rings (SSSR count). The summed E-state index contributed by atoms with van der Waals surface area (Å²) in [6.07, 6.45) is 0.892. The van der Waals surface area contributed by atoms with Gasteiger partial charge in [0.1, 0.15) is 17.6 Å².